The molecule has 0 bridgehead atoms. The maximum absolute atomic E-state index is 12.3. The van der Waals surface area contributed by atoms with Gasteiger partial charge in [0.05, 0.1) is 5.69 Å². The van der Waals surface area contributed by atoms with Crippen LogP contribution in [0.4, 0.5) is 5.82 Å². The van der Waals surface area contributed by atoms with E-state index in [0.717, 1.165) is 43.0 Å². The molecule has 2 aromatic heterocycles. The number of hydrogen-bond donors (Lipinski definition) is 1. The number of rotatable bonds is 6. The van der Waals surface area contributed by atoms with E-state index >= 15 is 0 Å². The first-order valence-corrected chi connectivity index (χ1v) is 9.24. The van der Waals surface area contributed by atoms with Gasteiger partial charge in [-0.25, -0.2) is 9.67 Å². The minimum Gasteiger partial charge on any atom is -0.356 e. The van der Waals surface area contributed by atoms with Crippen LogP contribution >= 0.6 is 0 Å². The number of hydrogen-bond acceptors (Lipinski definition) is 5. The van der Waals surface area contributed by atoms with Crippen LogP contribution in [0, 0.1) is 0 Å². The zero-order valence-electron chi connectivity index (χ0n) is 14.7. The minimum atomic E-state index is -0.247. The van der Waals surface area contributed by atoms with Crippen LogP contribution in [0.1, 0.15) is 42.9 Å². The Bertz CT molecular complexity index is 853. The maximum Gasteiger partial charge on any atom is 0.267 e. The van der Waals surface area contributed by atoms with Gasteiger partial charge in [0, 0.05) is 43.4 Å². The molecule has 1 N–H and O–H groups in total. The summed E-state index contributed by atoms with van der Waals surface area (Å²) in [4.78, 5) is 31.0. The Labute approximate surface area is 152 Å². The third-order valence-corrected chi connectivity index (χ3v) is 4.93. The Balaban J connectivity index is 1.40. The molecule has 26 heavy (non-hydrogen) atoms. The summed E-state index contributed by atoms with van der Waals surface area (Å²) in [5.41, 5.74) is 1.65. The standard InChI is InChI=1S/C19H23N5O2/c25-17(13-24-18(26)8-7-16(22-24)14-5-6-14)21-12-15-4-3-9-20-19(15)23-10-1-2-11-23/h3-4,7-9,14H,1-2,5-6,10-13H2,(H,21,25). The lowest BCUT2D eigenvalue weighted by molar-refractivity contribution is -0.122. The van der Waals surface area contributed by atoms with Crippen molar-refractivity contribution in [1.29, 1.82) is 0 Å². The van der Waals surface area contributed by atoms with Crippen molar-refractivity contribution in [3.05, 3.63) is 52.1 Å². The molecule has 136 valence electrons. The minimum absolute atomic E-state index is 0.0568. The second-order valence-electron chi connectivity index (χ2n) is 6.99. The van der Waals surface area contributed by atoms with Crippen molar-refractivity contribution in [2.75, 3.05) is 18.0 Å². The van der Waals surface area contributed by atoms with Gasteiger partial charge in [-0.15, -0.1) is 0 Å². The maximum atomic E-state index is 12.3. The average Bonchev–Trinajstić information content (AvgIpc) is 3.36. The smallest absolute Gasteiger partial charge is 0.267 e. The molecule has 3 heterocycles. The molecule has 0 aromatic carbocycles. The predicted molar refractivity (Wildman–Crippen MR) is 98.0 cm³/mol. The topological polar surface area (TPSA) is 80.1 Å². The number of amides is 1. The first kappa shape index (κ1) is 16.8. The molecule has 7 nitrogen and oxygen atoms in total. The summed E-state index contributed by atoms with van der Waals surface area (Å²) in [5.74, 6) is 1.17. The van der Waals surface area contributed by atoms with E-state index in [2.05, 4.69) is 20.3 Å². The van der Waals surface area contributed by atoms with E-state index in [1.54, 1.807) is 12.3 Å². The lowest BCUT2D eigenvalue weighted by Crippen LogP contribution is -2.34. The van der Waals surface area contributed by atoms with Crippen LogP contribution in [0.25, 0.3) is 0 Å². The fraction of sp³-hybridized carbons (Fsp3) is 0.474. The van der Waals surface area contributed by atoms with Gasteiger partial charge in [-0.3, -0.25) is 9.59 Å². The molecule has 0 radical (unpaired) electrons. The molecule has 0 spiro atoms. The van der Waals surface area contributed by atoms with E-state index in [4.69, 9.17) is 0 Å². The van der Waals surface area contributed by atoms with E-state index in [1.165, 1.54) is 23.6 Å². The summed E-state index contributed by atoms with van der Waals surface area (Å²) in [7, 11) is 0. The van der Waals surface area contributed by atoms with Gasteiger partial charge in [0.15, 0.2) is 0 Å². The van der Waals surface area contributed by atoms with Gasteiger partial charge in [0.1, 0.15) is 12.4 Å². The summed E-state index contributed by atoms with van der Waals surface area (Å²) in [5, 5.41) is 7.23. The van der Waals surface area contributed by atoms with Gasteiger partial charge in [0.25, 0.3) is 5.56 Å². The van der Waals surface area contributed by atoms with Gasteiger partial charge in [0.2, 0.25) is 5.91 Å². The zero-order valence-corrected chi connectivity index (χ0v) is 14.7. The first-order chi connectivity index (χ1) is 12.7. The van der Waals surface area contributed by atoms with Crippen molar-refractivity contribution >= 4 is 11.7 Å². The Kier molecular flexibility index (Phi) is 4.69. The van der Waals surface area contributed by atoms with Gasteiger partial charge in [-0.1, -0.05) is 6.07 Å². The summed E-state index contributed by atoms with van der Waals surface area (Å²) in [6.07, 6.45) is 6.35. The molecular formula is C19H23N5O2. The van der Waals surface area contributed by atoms with E-state index in [-0.39, 0.29) is 18.0 Å². The Morgan fingerprint density at radius 2 is 2.00 bits per heavy atom. The number of carbonyl (C=O) groups excluding carboxylic acids is 1. The fourth-order valence-electron chi connectivity index (χ4n) is 3.34. The summed E-state index contributed by atoms with van der Waals surface area (Å²) < 4.78 is 1.26. The van der Waals surface area contributed by atoms with E-state index < -0.39 is 0 Å². The number of nitrogens with zero attached hydrogens (tertiary/aromatic N) is 4. The van der Waals surface area contributed by atoms with Crippen molar-refractivity contribution in [3.63, 3.8) is 0 Å². The summed E-state index contributed by atoms with van der Waals surface area (Å²) >= 11 is 0. The van der Waals surface area contributed by atoms with Crippen molar-refractivity contribution in [2.24, 2.45) is 0 Å². The Hall–Kier alpha value is -2.70. The van der Waals surface area contributed by atoms with Crippen LogP contribution < -0.4 is 15.8 Å². The molecule has 0 atom stereocenters. The van der Waals surface area contributed by atoms with Crippen LogP contribution in [0.15, 0.2) is 35.3 Å². The molecule has 7 heteroatoms. The third-order valence-electron chi connectivity index (χ3n) is 4.93. The fourth-order valence-corrected chi connectivity index (χ4v) is 3.34. The second-order valence-corrected chi connectivity index (χ2v) is 6.99. The zero-order chi connectivity index (χ0) is 17.9. The molecule has 4 rings (SSSR count). The highest BCUT2D eigenvalue weighted by Gasteiger charge is 2.25. The number of anilines is 1. The highest BCUT2D eigenvalue weighted by atomic mass is 16.2. The second kappa shape index (κ2) is 7.27. The molecule has 2 fully saturated rings. The molecule has 1 saturated carbocycles. The molecular weight excluding hydrogens is 330 g/mol. The van der Waals surface area contributed by atoms with Crippen molar-refractivity contribution in [3.8, 4) is 0 Å². The molecule has 2 aromatic rings. The van der Waals surface area contributed by atoms with E-state index in [0.29, 0.717) is 12.5 Å². The molecule has 2 aliphatic rings. The van der Waals surface area contributed by atoms with Gasteiger partial charge < -0.3 is 10.2 Å². The number of carbonyl (C=O) groups is 1. The predicted octanol–water partition coefficient (Wildman–Crippen LogP) is 1.43. The number of nitrogens with one attached hydrogen (secondary N) is 1. The lowest BCUT2D eigenvalue weighted by Gasteiger charge is -2.20. The summed E-state index contributed by atoms with van der Waals surface area (Å²) in [6.45, 7) is 2.35. The number of pyridine rings is 1. The average molecular weight is 353 g/mol. The van der Waals surface area contributed by atoms with Gasteiger partial charge >= 0.3 is 0 Å². The highest BCUT2D eigenvalue weighted by Crippen LogP contribution is 2.38. The monoisotopic (exact) mass is 353 g/mol. The van der Waals surface area contributed by atoms with Crippen molar-refractivity contribution in [2.45, 2.75) is 44.7 Å². The Morgan fingerprint density at radius 3 is 2.77 bits per heavy atom. The van der Waals surface area contributed by atoms with Crippen LogP contribution in [-0.2, 0) is 17.9 Å². The Morgan fingerprint density at radius 1 is 1.19 bits per heavy atom. The summed E-state index contributed by atoms with van der Waals surface area (Å²) in [6, 6.07) is 7.14. The van der Waals surface area contributed by atoms with E-state index in [1.807, 2.05) is 12.1 Å². The molecule has 1 amide bonds. The van der Waals surface area contributed by atoms with E-state index in [9.17, 15) is 9.59 Å². The first-order valence-electron chi connectivity index (χ1n) is 9.24. The van der Waals surface area contributed by atoms with Crippen molar-refractivity contribution < 1.29 is 4.79 Å². The van der Waals surface area contributed by atoms with Crippen LogP contribution in [0.3, 0.4) is 0 Å². The highest BCUT2D eigenvalue weighted by molar-refractivity contribution is 5.75. The quantitative estimate of drug-likeness (QED) is 0.850. The van der Waals surface area contributed by atoms with Crippen LogP contribution in [0.2, 0.25) is 0 Å². The van der Waals surface area contributed by atoms with Crippen LogP contribution in [0.5, 0.6) is 0 Å². The van der Waals surface area contributed by atoms with Gasteiger partial charge in [-0.05, 0) is 37.8 Å². The molecule has 1 aliphatic heterocycles. The SMILES string of the molecule is O=C(Cn1nc(C2CC2)ccc1=O)NCc1cccnc1N1CCCC1. The molecule has 0 unspecified atom stereocenters. The van der Waals surface area contributed by atoms with Crippen molar-refractivity contribution in [1.82, 2.24) is 20.1 Å². The third kappa shape index (κ3) is 3.76. The van der Waals surface area contributed by atoms with Crippen LogP contribution in [-0.4, -0.2) is 33.8 Å². The van der Waals surface area contributed by atoms with Gasteiger partial charge in [-0.2, -0.15) is 5.10 Å². The largest absolute Gasteiger partial charge is 0.356 e. The number of aromatic nitrogens is 3. The lowest BCUT2D eigenvalue weighted by atomic mass is 10.2. The molecule has 1 aliphatic carbocycles. The normalized spacial score (nSPS) is 16.7. The molecule has 1 saturated heterocycles.